The van der Waals surface area contributed by atoms with Gasteiger partial charge in [0.05, 0.1) is 0 Å². The van der Waals surface area contributed by atoms with Gasteiger partial charge in [-0.2, -0.15) is 0 Å². The first kappa shape index (κ1) is 10.4. The SMILES string of the molecule is COC12C=CC(C=CC1)C1=C2C(=O)C=CC1=O. The van der Waals surface area contributed by atoms with Crippen molar-refractivity contribution in [2.24, 2.45) is 5.92 Å². The van der Waals surface area contributed by atoms with E-state index in [0.29, 0.717) is 17.6 Å². The number of hydrogen-bond acceptors (Lipinski definition) is 3. The van der Waals surface area contributed by atoms with Gasteiger partial charge in [-0.25, -0.2) is 0 Å². The number of methoxy groups -OCH3 is 1. The van der Waals surface area contributed by atoms with Gasteiger partial charge in [-0.1, -0.05) is 24.3 Å². The van der Waals surface area contributed by atoms with E-state index in [1.807, 2.05) is 24.3 Å². The molecular weight excluding hydrogens is 216 g/mol. The Bertz CT molecular complexity index is 534. The summed E-state index contributed by atoms with van der Waals surface area (Å²) in [4.78, 5) is 24.0. The fourth-order valence-electron chi connectivity index (χ4n) is 2.76. The van der Waals surface area contributed by atoms with Gasteiger partial charge in [0.2, 0.25) is 0 Å². The molecular formula is C14H12O3. The van der Waals surface area contributed by atoms with Crippen molar-refractivity contribution in [1.82, 2.24) is 0 Å². The quantitative estimate of drug-likeness (QED) is 0.505. The van der Waals surface area contributed by atoms with Crippen LogP contribution in [0.25, 0.3) is 0 Å². The maximum absolute atomic E-state index is 12.0. The molecule has 86 valence electrons. The maximum Gasteiger partial charge on any atom is 0.185 e. The first-order valence-corrected chi connectivity index (χ1v) is 5.60. The van der Waals surface area contributed by atoms with Crippen LogP contribution in [0, 0.1) is 5.92 Å². The lowest BCUT2D eigenvalue weighted by Crippen LogP contribution is -2.39. The molecule has 4 aliphatic carbocycles. The minimum atomic E-state index is -0.754. The molecule has 0 amide bonds. The summed E-state index contributed by atoms with van der Waals surface area (Å²) in [7, 11) is 1.57. The molecule has 0 aromatic heterocycles. The van der Waals surface area contributed by atoms with E-state index < -0.39 is 5.60 Å². The van der Waals surface area contributed by atoms with Crippen LogP contribution in [0.1, 0.15) is 6.42 Å². The van der Waals surface area contributed by atoms with Gasteiger partial charge in [-0.3, -0.25) is 9.59 Å². The lowest BCUT2D eigenvalue weighted by atomic mass is 9.74. The number of ether oxygens (including phenoxy) is 1. The summed E-state index contributed by atoms with van der Waals surface area (Å²) in [6.07, 6.45) is 11.1. The molecule has 2 unspecified atom stereocenters. The lowest BCUT2D eigenvalue weighted by Gasteiger charge is -2.35. The summed E-state index contributed by atoms with van der Waals surface area (Å²) in [5.74, 6) is -0.279. The third-order valence-corrected chi connectivity index (χ3v) is 3.63. The van der Waals surface area contributed by atoms with E-state index in [0.717, 1.165) is 0 Å². The number of carbonyl (C=O) groups excluding carboxylic acids is 2. The molecule has 0 fully saturated rings. The highest BCUT2D eigenvalue weighted by molar-refractivity contribution is 6.22. The van der Waals surface area contributed by atoms with E-state index in [9.17, 15) is 9.59 Å². The summed E-state index contributed by atoms with van der Waals surface area (Å²) in [5, 5.41) is 0. The predicted octanol–water partition coefficient (Wildman–Crippen LogP) is 1.52. The Morgan fingerprint density at radius 1 is 1.24 bits per heavy atom. The van der Waals surface area contributed by atoms with E-state index in [-0.39, 0.29) is 17.5 Å². The van der Waals surface area contributed by atoms with E-state index in [1.54, 1.807) is 7.11 Å². The zero-order chi connectivity index (χ0) is 12.0. The third-order valence-electron chi connectivity index (χ3n) is 3.63. The molecule has 0 aromatic carbocycles. The van der Waals surface area contributed by atoms with Gasteiger partial charge >= 0.3 is 0 Å². The van der Waals surface area contributed by atoms with Crippen molar-refractivity contribution in [2.75, 3.05) is 7.11 Å². The summed E-state index contributed by atoms with van der Waals surface area (Å²) in [6.45, 7) is 0. The second-order valence-corrected chi connectivity index (χ2v) is 4.46. The third kappa shape index (κ3) is 1.26. The minimum Gasteiger partial charge on any atom is -0.369 e. The lowest BCUT2D eigenvalue weighted by molar-refractivity contribution is -0.117. The van der Waals surface area contributed by atoms with Crippen LogP contribution in [-0.4, -0.2) is 24.3 Å². The van der Waals surface area contributed by atoms with Gasteiger partial charge in [0.1, 0.15) is 5.60 Å². The van der Waals surface area contributed by atoms with Gasteiger partial charge in [0.15, 0.2) is 11.6 Å². The largest absolute Gasteiger partial charge is 0.369 e. The Hall–Kier alpha value is -1.74. The zero-order valence-corrected chi connectivity index (χ0v) is 9.47. The van der Waals surface area contributed by atoms with Gasteiger partial charge in [-0.05, 0) is 12.2 Å². The average molecular weight is 228 g/mol. The maximum atomic E-state index is 12.0. The second kappa shape index (κ2) is 3.37. The van der Waals surface area contributed by atoms with Crippen molar-refractivity contribution in [3.63, 3.8) is 0 Å². The smallest absolute Gasteiger partial charge is 0.185 e. The van der Waals surface area contributed by atoms with Crippen molar-refractivity contribution in [1.29, 1.82) is 0 Å². The Morgan fingerprint density at radius 2 is 2.00 bits per heavy atom. The predicted molar refractivity (Wildman–Crippen MR) is 62.3 cm³/mol. The second-order valence-electron chi connectivity index (χ2n) is 4.46. The van der Waals surface area contributed by atoms with Crippen LogP contribution < -0.4 is 0 Å². The van der Waals surface area contributed by atoms with E-state index >= 15 is 0 Å². The Kier molecular flexibility index (Phi) is 2.07. The molecule has 4 aliphatic rings. The molecule has 4 rings (SSSR count). The first-order valence-electron chi connectivity index (χ1n) is 5.60. The highest BCUT2D eigenvalue weighted by Gasteiger charge is 2.44. The van der Waals surface area contributed by atoms with E-state index in [2.05, 4.69) is 0 Å². The van der Waals surface area contributed by atoms with Gasteiger partial charge in [0.25, 0.3) is 0 Å². The van der Waals surface area contributed by atoms with Crippen LogP contribution in [0.4, 0.5) is 0 Å². The van der Waals surface area contributed by atoms with E-state index in [1.165, 1.54) is 12.2 Å². The van der Waals surface area contributed by atoms with Crippen LogP contribution in [0.5, 0.6) is 0 Å². The fraction of sp³-hybridized carbons (Fsp3) is 0.286. The van der Waals surface area contributed by atoms with Crippen molar-refractivity contribution in [3.05, 3.63) is 47.6 Å². The van der Waals surface area contributed by atoms with Crippen molar-refractivity contribution >= 4 is 11.6 Å². The normalized spacial score (nSPS) is 34.3. The number of hydrogen-bond donors (Lipinski definition) is 0. The van der Waals surface area contributed by atoms with E-state index in [4.69, 9.17) is 4.74 Å². The molecule has 3 heteroatoms. The Morgan fingerprint density at radius 3 is 2.76 bits per heavy atom. The Balaban J connectivity index is 2.27. The number of ketones is 2. The number of allylic oxidation sites excluding steroid dienone is 5. The molecule has 0 heterocycles. The number of carbonyl (C=O) groups is 2. The Labute approximate surface area is 99.1 Å². The minimum absolute atomic E-state index is 0.0816. The van der Waals surface area contributed by atoms with Gasteiger partial charge in [-0.15, -0.1) is 0 Å². The van der Waals surface area contributed by atoms with Gasteiger partial charge < -0.3 is 4.74 Å². The fourth-order valence-corrected chi connectivity index (χ4v) is 2.76. The topological polar surface area (TPSA) is 43.4 Å². The van der Waals surface area contributed by atoms with Crippen molar-refractivity contribution in [3.8, 4) is 0 Å². The molecule has 2 bridgehead atoms. The van der Waals surface area contributed by atoms with Crippen LogP contribution in [0.2, 0.25) is 0 Å². The molecule has 0 saturated carbocycles. The molecule has 17 heavy (non-hydrogen) atoms. The molecule has 0 saturated heterocycles. The molecule has 0 aromatic rings. The van der Waals surface area contributed by atoms with Crippen LogP contribution in [0.15, 0.2) is 47.6 Å². The van der Waals surface area contributed by atoms with Crippen molar-refractivity contribution < 1.29 is 14.3 Å². The molecule has 0 aliphatic heterocycles. The standard InChI is InChI=1S/C14H12O3/c1-17-14-7-2-3-9(6-8-14)12-10(15)4-5-11(16)13(12)14/h2-6,8-9H,7H2,1H3. The molecule has 2 atom stereocenters. The van der Waals surface area contributed by atoms with Gasteiger partial charge in [0, 0.05) is 30.6 Å². The number of rotatable bonds is 1. The number of fused-ring (bicyclic) bond motifs is 1. The first-order chi connectivity index (χ1) is 8.18. The summed E-state index contributed by atoms with van der Waals surface area (Å²) in [6, 6.07) is 0. The van der Waals surface area contributed by atoms with Crippen LogP contribution in [-0.2, 0) is 14.3 Å². The molecule has 0 radical (unpaired) electrons. The summed E-state index contributed by atoms with van der Waals surface area (Å²) < 4.78 is 5.53. The van der Waals surface area contributed by atoms with Crippen LogP contribution >= 0.6 is 0 Å². The van der Waals surface area contributed by atoms with Crippen molar-refractivity contribution in [2.45, 2.75) is 12.0 Å². The average Bonchev–Trinajstić information content (AvgIpc) is 2.65. The summed E-state index contributed by atoms with van der Waals surface area (Å²) >= 11 is 0. The molecule has 0 spiro atoms. The highest BCUT2D eigenvalue weighted by Crippen LogP contribution is 2.42. The highest BCUT2D eigenvalue weighted by atomic mass is 16.5. The summed E-state index contributed by atoms with van der Waals surface area (Å²) in [5.41, 5.74) is 0.344. The zero-order valence-electron chi connectivity index (χ0n) is 9.47. The molecule has 0 N–H and O–H groups in total. The molecule has 3 nitrogen and oxygen atoms in total. The monoisotopic (exact) mass is 228 g/mol. The van der Waals surface area contributed by atoms with Crippen LogP contribution in [0.3, 0.4) is 0 Å².